The second kappa shape index (κ2) is 8.90. The van der Waals surface area contributed by atoms with E-state index in [1.807, 2.05) is 0 Å². The minimum Gasteiger partial charge on any atom is -0.394 e. The Morgan fingerprint density at radius 1 is 1.21 bits per heavy atom. The molecule has 0 aliphatic rings. The van der Waals surface area contributed by atoms with Gasteiger partial charge in [0.05, 0.1) is 24.6 Å². The number of unbranched alkanes of at least 4 members (excludes halogenated alkanes) is 1. The number of aryl methyl sites for hydroxylation is 1. The molecule has 0 aromatic carbocycles. The molecule has 0 fully saturated rings. The van der Waals surface area contributed by atoms with Crippen LogP contribution in [0.25, 0.3) is 0 Å². The van der Waals surface area contributed by atoms with Crippen molar-refractivity contribution in [1.82, 2.24) is 9.97 Å². The number of anilines is 2. The molecular formula is C12H21ClN4O2. The summed E-state index contributed by atoms with van der Waals surface area (Å²) < 4.78 is 10.2. The Bertz CT molecular complexity index is 390. The highest BCUT2D eigenvalue weighted by molar-refractivity contribution is 6.28. The van der Waals surface area contributed by atoms with Crippen LogP contribution in [0, 0.1) is 6.92 Å². The number of aromatic nitrogens is 2. The molecule has 0 radical (unpaired) electrons. The zero-order valence-corrected chi connectivity index (χ0v) is 12.2. The molecule has 6 nitrogen and oxygen atoms in total. The summed E-state index contributed by atoms with van der Waals surface area (Å²) in [4.78, 5) is 8.04. The Kier molecular flexibility index (Phi) is 7.47. The van der Waals surface area contributed by atoms with Crippen LogP contribution in [0.4, 0.5) is 11.5 Å². The molecule has 0 saturated heterocycles. The van der Waals surface area contributed by atoms with Gasteiger partial charge in [0.2, 0.25) is 5.28 Å². The number of hydrogen-bond donors (Lipinski definition) is 2. The van der Waals surface area contributed by atoms with Gasteiger partial charge in [0.15, 0.2) is 5.82 Å². The molecule has 0 unspecified atom stereocenters. The maximum absolute atomic E-state index is 5.86. The molecule has 1 aromatic heterocycles. The summed E-state index contributed by atoms with van der Waals surface area (Å²) in [5, 5.41) is 3.36. The summed E-state index contributed by atoms with van der Waals surface area (Å²) in [6.07, 6.45) is 1.93. The largest absolute Gasteiger partial charge is 0.394 e. The molecule has 19 heavy (non-hydrogen) atoms. The summed E-state index contributed by atoms with van der Waals surface area (Å²) in [7, 11) is 1.66. The third-order valence-electron chi connectivity index (χ3n) is 2.55. The lowest BCUT2D eigenvalue weighted by molar-refractivity contribution is 0.0691. The molecule has 1 rings (SSSR count). The SMILES string of the molecule is COCCOCCCCNc1nc(Cl)nc(C)c1N. The molecule has 108 valence electrons. The van der Waals surface area contributed by atoms with Crippen molar-refractivity contribution in [3.8, 4) is 0 Å². The van der Waals surface area contributed by atoms with Gasteiger partial charge in [0.1, 0.15) is 0 Å². The van der Waals surface area contributed by atoms with Crippen LogP contribution < -0.4 is 11.1 Å². The lowest BCUT2D eigenvalue weighted by Crippen LogP contribution is -2.10. The lowest BCUT2D eigenvalue weighted by Gasteiger charge is -2.10. The number of hydrogen-bond acceptors (Lipinski definition) is 6. The summed E-state index contributed by atoms with van der Waals surface area (Å²) in [6, 6.07) is 0. The average Bonchev–Trinajstić information content (AvgIpc) is 2.38. The third-order valence-corrected chi connectivity index (χ3v) is 2.72. The molecule has 1 heterocycles. The Hall–Kier alpha value is -1.11. The number of nitrogen functional groups attached to an aromatic ring is 1. The van der Waals surface area contributed by atoms with E-state index < -0.39 is 0 Å². The van der Waals surface area contributed by atoms with Crippen molar-refractivity contribution in [3.63, 3.8) is 0 Å². The summed E-state index contributed by atoms with van der Waals surface area (Å²) in [5.41, 5.74) is 7.09. The van der Waals surface area contributed by atoms with Crippen molar-refractivity contribution < 1.29 is 9.47 Å². The van der Waals surface area contributed by atoms with E-state index in [4.69, 9.17) is 26.8 Å². The fourth-order valence-corrected chi connectivity index (χ4v) is 1.67. The van der Waals surface area contributed by atoms with Crippen LogP contribution in [0.15, 0.2) is 0 Å². The highest BCUT2D eigenvalue weighted by Crippen LogP contribution is 2.20. The lowest BCUT2D eigenvalue weighted by atomic mass is 10.3. The van der Waals surface area contributed by atoms with Crippen LogP contribution in [0.1, 0.15) is 18.5 Å². The summed E-state index contributed by atoms with van der Waals surface area (Å²) in [6.45, 7) is 4.57. The fraction of sp³-hybridized carbons (Fsp3) is 0.667. The third kappa shape index (κ3) is 6.04. The minimum atomic E-state index is 0.206. The standard InChI is InChI=1S/C12H21ClN4O2/c1-9-10(14)11(17-12(13)16-9)15-5-3-4-6-19-8-7-18-2/h3-8,14H2,1-2H3,(H,15,16,17). The van der Waals surface area contributed by atoms with Crippen molar-refractivity contribution in [2.24, 2.45) is 0 Å². The van der Waals surface area contributed by atoms with Crippen molar-refractivity contribution >= 4 is 23.1 Å². The van der Waals surface area contributed by atoms with Gasteiger partial charge in [0, 0.05) is 20.3 Å². The first-order chi connectivity index (χ1) is 9.15. The molecular weight excluding hydrogens is 268 g/mol. The first kappa shape index (κ1) is 15.9. The smallest absolute Gasteiger partial charge is 0.224 e. The van der Waals surface area contributed by atoms with E-state index in [2.05, 4.69) is 15.3 Å². The van der Waals surface area contributed by atoms with Gasteiger partial charge < -0.3 is 20.5 Å². The Morgan fingerprint density at radius 2 is 2.00 bits per heavy atom. The molecule has 0 saturated carbocycles. The number of rotatable bonds is 9. The van der Waals surface area contributed by atoms with E-state index in [1.54, 1.807) is 14.0 Å². The van der Waals surface area contributed by atoms with E-state index >= 15 is 0 Å². The topological polar surface area (TPSA) is 82.3 Å². The number of halogens is 1. The Morgan fingerprint density at radius 3 is 2.74 bits per heavy atom. The zero-order chi connectivity index (χ0) is 14.1. The van der Waals surface area contributed by atoms with Gasteiger partial charge in [-0.05, 0) is 31.4 Å². The molecule has 0 aliphatic carbocycles. The first-order valence-electron chi connectivity index (χ1n) is 6.25. The van der Waals surface area contributed by atoms with Crippen LogP contribution in [0.3, 0.4) is 0 Å². The average molecular weight is 289 g/mol. The molecule has 0 amide bonds. The zero-order valence-electron chi connectivity index (χ0n) is 11.4. The molecule has 0 spiro atoms. The molecule has 0 aliphatic heterocycles. The van der Waals surface area contributed by atoms with Crippen LogP contribution in [-0.2, 0) is 9.47 Å². The fourth-order valence-electron chi connectivity index (χ4n) is 1.46. The minimum absolute atomic E-state index is 0.206. The first-order valence-corrected chi connectivity index (χ1v) is 6.63. The molecule has 7 heteroatoms. The maximum atomic E-state index is 5.86. The number of methoxy groups -OCH3 is 1. The summed E-state index contributed by atoms with van der Waals surface area (Å²) in [5.74, 6) is 0.595. The molecule has 0 atom stereocenters. The van der Waals surface area contributed by atoms with Gasteiger partial charge in [-0.15, -0.1) is 0 Å². The van der Waals surface area contributed by atoms with E-state index in [0.717, 1.165) is 26.0 Å². The van der Waals surface area contributed by atoms with E-state index in [1.165, 1.54) is 0 Å². The van der Waals surface area contributed by atoms with Crippen molar-refractivity contribution in [2.75, 3.05) is 44.5 Å². The maximum Gasteiger partial charge on any atom is 0.224 e. The Labute approximate surface area is 118 Å². The second-order valence-electron chi connectivity index (χ2n) is 4.08. The van der Waals surface area contributed by atoms with Crippen molar-refractivity contribution in [3.05, 3.63) is 11.0 Å². The second-order valence-corrected chi connectivity index (χ2v) is 4.42. The van der Waals surface area contributed by atoms with Gasteiger partial charge in [-0.3, -0.25) is 0 Å². The monoisotopic (exact) mass is 288 g/mol. The normalized spacial score (nSPS) is 10.7. The van der Waals surface area contributed by atoms with E-state index in [9.17, 15) is 0 Å². The van der Waals surface area contributed by atoms with Crippen molar-refractivity contribution in [2.45, 2.75) is 19.8 Å². The number of ether oxygens (including phenoxy) is 2. The van der Waals surface area contributed by atoms with Crippen LogP contribution in [-0.4, -0.2) is 43.4 Å². The van der Waals surface area contributed by atoms with E-state index in [0.29, 0.717) is 30.4 Å². The highest BCUT2D eigenvalue weighted by Gasteiger charge is 2.06. The Balaban J connectivity index is 2.19. The van der Waals surface area contributed by atoms with Gasteiger partial charge in [-0.25, -0.2) is 4.98 Å². The predicted octanol–water partition coefficient (Wildman–Crippen LogP) is 1.88. The van der Waals surface area contributed by atoms with Crippen LogP contribution in [0.5, 0.6) is 0 Å². The molecule has 1 aromatic rings. The van der Waals surface area contributed by atoms with Gasteiger partial charge in [-0.2, -0.15) is 4.98 Å². The highest BCUT2D eigenvalue weighted by atomic mass is 35.5. The molecule has 3 N–H and O–H groups in total. The predicted molar refractivity (Wildman–Crippen MR) is 76.6 cm³/mol. The number of nitrogens with zero attached hydrogens (tertiary/aromatic N) is 2. The van der Waals surface area contributed by atoms with E-state index in [-0.39, 0.29) is 5.28 Å². The van der Waals surface area contributed by atoms with Crippen LogP contribution in [0.2, 0.25) is 5.28 Å². The molecule has 0 bridgehead atoms. The summed E-state index contributed by atoms with van der Waals surface area (Å²) >= 11 is 5.78. The van der Waals surface area contributed by atoms with Gasteiger partial charge in [0.25, 0.3) is 0 Å². The van der Waals surface area contributed by atoms with Gasteiger partial charge >= 0.3 is 0 Å². The number of nitrogens with one attached hydrogen (secondary N) is 1. The quantitative estimate of drug-likeness (QED) is 0.533. The van der Waals surface area contributed by atoms with Gasteiger partial charge in [-0.1, -0.05) is 0 Å². The van der Waals surface area contributed by atoms with Crippen molar-refractivity contribution in [1.29, 1.82) is 0 Å². The number of nitrogens with two attached hydrogens (primary N) is 1. The van der Waals surface area contributed by atoms with Crippen LogP contribution >= 0.6 is 11.6 Å².